The van der Waals surface area contributed by atoms with E-state index in [9.17, 15) is 0 Å². The van der Waals surface area contributed by atoms with Crippen LogP contribution < -0.4 is 5.73 Å². The predicted molar refractivity (Wildman–Crippen MR) is 114 cm³/mol. The molecule has 0 radical (unpaired) electrons. The Morgan fingerprint density at radius 2 is 1.56 bits per heavy atom. The maximum Gasteiger partial charge on any atom is 0.0625 e. The number of anilines is 1. The lowest BCUT2D eigenvalue weighted by Crippen LogP contribution is -2.29. The normalized spacial score (nSPS) is 32.9. The first-order valence-corrected chi connectivity index (χ1v) is 10.7. The van der Waals surface area contributed by atoms with Gasteiger partial charge < -0.3 is 5.73 Å². The third kappa shape index (κ3) is 2.90. The van der Waals surface area contributed by atoms with Crippen molar-refractivity contribution in [3.63, 3.8) is 0 Å². The Hall–Kier alpha value is -2.09. The molecule has 2 heteroatoms. The summed E-state index contributed by atoms with van der Waals surface area (Å²) in [5, 5.41) is 0. The van der Waals surface area contributed by atoms with Gasteiger partial charge in [0, 0.05) is 17.8 Å². The lowest BCUT2D eigenvalue weighted by atomic mass is 9.67. The molecule has 0 saturated heterocycles. The molecule has 3 aliphatic carbocycles. The number of rotatable bonds is 4. The summed E-state index contributed by atoms with van der Waals surface area (Å²) in [5.74, 6) is 5.19. The van der Waals surface area contributed by atoms with Crippen LogP contribution in [0.15, 0.2) is 53.5 Å². The monoisotopic (exact) mass is 358 g/mol. The zero-order valence-corrected chi connectivity index (χ0v) is 16.2. The molecule has 27 heavy (non-hydrogen) atoms. The smallest absolute Gasteiger partial charge is 0.0625 e. The summed E-state index contributed by atoms with van der Waals surface area (Å²) in [6.45, 7) is 1.97. The van der Waals surface area contributed by atoms with E-state index in [-0.39, 0.29) is 0 Å². The lowest BCUT2D eigenvalue weighted by Gasteiger charge is -2.37. The van der Waals surface area contributed by atoms with Gasteiger partial charge in [0.05, 0.1) is 5.69 Å². The SMILES string of the molecule is CC=Nc1ccc(C(c2ccc(N)cc2)C2CC3CC2C2CCCC32)cc1. The minimum absolute atomic E-state index is 0.488. The van der Waals surface area contributed by atoms with Crippen molar-refractivity contribution in [3.8, 4) is 0 Å². The molecule has 3 aliphatic rings. The Morgan fingerprint density at radius 1 is 0.889 bits per heavy atom. The average molecular weight is 359 g/mol. The van der Waals surface area contributed by atoms with Crippen molar-refractivity contribution in [2.75, 3.05) is 5.73 Å². The summed E-state index contributed by atoms with van der Waals surface area (Å²) in [7, 11) is 0. The van der Waals surface area contributed by atoms with Gasteiger partial charge in [0.1, 0.15) is 0 Å². The molecule has 6 atom stereocenters. The molecule has 140 valence electrons. The van der Waals surface area contributed by atoms with Crippen LogP contribution in [0.3, 0.4) is 0 Å². The van der Waals surface area contributed by atoms with E-state index in [0.29, 0.717) is 5.92 Å². The van der Waals surface area contributed by atoms with Gasteiger partial charge >= 0.3 is 0 Å². The molecule has 2 aromatic carbocycles. The molecule has 2 N–H and O–H groups in total. The molecular weight excluding hydrogens is 328 g/mol. The molecule has 0 amide bonds. The van der Waals surface area contributed by atoms with Gasteiger partial charge in [-0.2, -0.15) is 0 Å². The van der Waals surface area contributed by atoms with E-state index >= 15 is 0 Å². The molecule has 5 rings (SSSR count). The van der Waals surface area contributed by atoms with E-state index in [1.807, 2.05) is 13.1 Å². The Kier molecular flexibility index (Phi) is 4.30. The predicted octanol–water partition coefficient (Wildman–Crippen LogP) is 6.20. The number of hydrogen-bond donors (Lipinski definition) is 1. The van der Waals surface area contributed by atoms with Crippen LogP contribution in [-0.4, -0.2) is 6.21 Å². The second kappa shape index (κ2) is 6.82. The molecule has 2 nitrogen and oxygen atoms in total. The van der Waals surface area contributed by atoms with Crippen LogP contribution in [0.4, 0.5) is 11.4 Å². The van der Waals surface area contributed by atoms with Crippen LogP contribution in [0.1, 0.15) is 56.1 Å². The van der Waals surface area contributed by atoms with Crippen molar-refractivity contribution in [1.82, 2.24) is 0 Å². The van der Waals surface area contributed by atoms with Crippen LogP contribution in [0.5, 0.6) is 0 Å². The minimum Gasteiger partial charge on any atom is -0.399 e. The fourth-order valence-corrected chi connectivity index (χ4v) is 6.81. The van der Waals surface area contributed by atoms with Gasteiger partial charge in [-0.05, 0) is 97.6 Å². The highest BCUT2D eigenvalue weighted by atomic mass is 14.7. The zero-order valence-electron chi connectivity index (χ0n) is 16.2. The van der Waals surface area contributed by atoms with Crippen molar-refractivity contribution in [3.05, 3.63) is 59.7 Å². The molecule has 2 aromatic rings. The van der Waals surface area contributed by atoms with Gasteiger partial charge in [0.2, 0.25) is 0 Å². The maximum absolute atomic E-state index is 5.99. The lowest BCUT2D eigenvalue weighted by molar-refractivity contribution is 0.175. The Bertz CT molecular complexity index is 820. The van der Waals surface area contributed by atoms with Crippen molar-refractivity contribution < 1.29 is 0 Å². The average Bonchev–Trinajstić information content (AvgIpc) is 3.38. The van der Waals surface area contributed by atoms with E-state index in [2.05, 4.69) is 53.5 Å². The van der Waals surface area contributed by atoms with Gasteiger partial charge in [-0.3, -0.25) is 4.99 Å². The summed E-state index contributed by atoms with van der Waals surface area (Å²) in [6.07, 6.45) is 9.18. The van der Waals surface area contributed by atoms with Gasteiger partial charge in [-0.25, -0.2) is 0 Å². The summed E-state index contributed by atoms with van der Waals surface area (Å²) in [4.78, 5) is 4.43. The summed E-state index contributed by atoms with van der Waals surface area (Å²) in [6, 6.07) is 17.6. The van der Waals surface area contributed by atoms with E-state index in [1.165, 1.54) is 43.2 Å². The number of benzene rings is 2. The van der Waals surface area contributed by atoms with Crippen molar-refractivity contribution in [2.24, 2.45) is 34.6 Å². The van der Waals surface area contributed by atoms with E-state index in [1.54, 1.807) is 0 Å². The second-order valence-corrected chi connectivity index (χ2v) is 8.94. The second-order valence-electron chi connectivity index (χ2n) is 8.94. The van der Waals surface area contributed by atoms with Gasteiger partial charge in [-0.1, -0.05) is 30.7 Å². The summed E-state index contributed by atoms with van der Waals surface area (Å²) < 4.78 is 0. The number of nitrogens with zero attached hydrogens (tertiary/aromatic N) is 1. The van der Waals surface area contributed by atoms with Crippen LogP contribution in [0.2, 0.25) is 0 Å². The summed E-state index contributed by atoms with van der Waals surface area (Å²) in [5.41, 5.74) is 10.8. The van der Waals surface area contributed by atoms with Crippen LogP contribution >= 0.6 is 0 Å². The fraction of sp³-hybridized carbons (Fsp3) is 0.480. The van der Waals surface area contributed by atoms with E-state index in [0.717, 1.165) is 41.0 Å². The first-order valence-electron chi connectivity index (χ1n) is 10.7. The topological polar surface area (TPSA) is 38.4 Å². The molecule has 3 fully saturated rings. The maximum atomic E-state index is 5.99. The Balaban J connectivity index is 1.52. The first kappa shape index (κ1) is 17.0. The Labute approximate surface area is 162 Å². The van der Waals surface area contributed by atoms with E-state index in [4.69, 9.17) is 5.73 Å². The van der Waals surface area contributed by atoms with Gasteiger partial charge in [0.15, 0.2) is 0 Å². The molecule has 2 bridgehead atoms. The Morgan fingerprint density at radius 3 is 2.26 bits per heavy atom. The van der Waals surface area contributed by atoms with Crippen LogP contribution in [0.25, 0.3) is 0 Å². The number of nitrogens with two attached hydrogens (primary N) is 1. The van der Waals surface area contributed by atoms with Gasteiger partial charge in [0.25, 0.3) is 0 Å². The standard InChI is InChI=1S/C25H30N2/c1-2-27-20-12-8-17(9-13-20)25(16-6-10-19(26)11-7-16)24-15-18-14-23(24)22-5-3-4-21(18)22/h2,6-13,18,21-25H,3-5,14-15,26H2,1H3. The van der Waals surface area contributed by atoms with Crippen molar-refractivity contribution in [1.29, 1.82) is 0 Å². The molecule has 0 aromatic heterocycles. The largest absolute Gasteiger partial charge is 0.399 e. The third-order valence-electron chi connectivity index (χ3n) is 7.73. The number of nitrogen functional groups attached to an aromatic ring is 1. The number of aliphatic imine (C=N–C) groups is 1. The minimum atomic E-state index is 0.488. The van der Waals surface area contributed by atoms with Crippen molar-refractivity contribution >= 4 is 17.6 Å². The fourth-order valence-electron chi connectivity index (χ4n) is 6.81. The molecule has 3 saturated carbocycles. The van der Waals surface area contributed by atoms with Crippen LogP contribution in [-0.2, 0) is 0 Å². The van der Waals surface area contributed by atoms with E-state index < -0.39 is 0 Å². The molecular formula is C25H30N2. The highest BCUT2D eigenvalue weighted by molar-refractivity contribution is 5.60. The quantitative estimate of drug-likeness (QED) is 0.513. The highest BCUT2D eigenvalue weighted by Gasteiger charge is 2.55. The van der Waals surface area contributed by atoms with Crippen LogP contribution in [0, 0.1) is 29.6 Å². The molecule has 0 aliphatic heterocycles. The highest BCUT2D eigenvalue weighted by Crippen LogP contribution is 2.64. The van der Waals surface area contributed by atoms with Gasteiger partial charge in [-0.15, -0.1) is 0 Å². The molecule has 0 spiro atoms. The first-order chi connectivity index (χ1) is 13.2. The number of hydrogen-bond acceptors (Lipinski definition) is 2. The molecule has 0 heterocycles. The van der Waals surface area contributed by atoms with Crippen molar-refractivity contribution in [2.45, 2.75) is 44.9 Å². The number of fused-ring (bicyclic) bond motifs is 5. The third-order valence-corrected chi connectivity index (χ3v) is 7.73. The summed E-state index contributed by atoms with van der Waals surface area (Å²) >= 11 is 0. The zero-order chi connectivity index (χ0) is 18.4. The molecule has 6 unspecified atom stereocenters.